The number of rotatable bonds is 8. The lowest BCUT2D eigenvalue weighted by Gasteiger charge is -2.21. The monoisotopic (exact) mass is 352 g/mol. The van der Waals surface area contributed by atoms with Crippen molar-refractivity contribution in [3.05, 3.63) is 54.1 Å². The quantitative estimate of drug-likeness (QED) is 0.519. The molecule has 25 heavy (non-hydrogen) atoms. The van der Waals surface area contributed by atoms with Gasteiger partial charge in [0, 0.05) is 13.1 Å². The maximum atomic E-state index is 5.94. The molecule has 0 spiro atoms. The van der Waals surface area contributed by atoms with Gasteiger partial charge in [0.2, 0.25) is 0 Å². The smallest absolute Gasteiger partial charge is 0.279 e. The van der Waals surface area contributed by atoms with E-state index < -0.39 is 0 Å². The van der Waals surface area contributed by atoms with Gasteiger partial charge in [0.05, 0.1) is 10.2 Å². The van der Waals surface area contributed by atoms with Crippen LogP contribution < -0.4 is 4.74 Å². The standard InChI is InChI=1S/C21H24N2OS/c1-2-13-23(14-16-7-8-16)15-17-9-11-18(12-10-17)24-21-22-19-5-3-4-6-20(19)25-21/h3-6,9-12,16H,2,7-8,13-15H2,1H3. The number of benzene rings is 2. The fraction of sp³-hybridized carbons (Fsp3) is 0.381. The van der Waals surface area contributed by atoms with Crippen molar-refractivity contribution in [2.75, 3.05) is 13.1 Å². The number of nitrogens with zero attached hydrogens (tertiary/aromatic N) is 2. The van der Waals surface area contributed by atoms with Crippen LogP contribution in [0.4, 0.5) is 0 Å². The summed E-state index contributed by atoms with van der Waals surface area (Å²) in [6, 6.07) is 16.6. The summed E-state index contributed by atoms with van der Waals surface area (Å²) < 4.78 is 7.10. The minimum absolute atomic E-state index is 0.704. The summed E-state index contributed by atoms with van der Waals surface area (Å²) in [7, 11) is 0. The van der Waals surface area contributed by atoms with Gasteiger partial charge in [-0.25, -0.2) is 4.98 Å². The predicted molar refractivity (Wildman–Crippen MR) is 104 cm³/mol. The highest BCUT2D eigenvalue weighted by Crippen LogP contribution is 2.32. The van der Waals surface area contributed by atoms with Gasteiger partial charge < -0.3 is 4.74 Å². The fourth-order valence-corrected chi connectivity index (χ4v) is 3.97. The van der Waals surface area contributed by atoms with Crippen LogP contribution in [0.5, 0.6) is 10.9 Å². The maximum absolute atomic E-state index is 5.94. The van der Waals surface area contributed by atoms with Gasteiger partial charge in [-0.05, 0) is 61.6 Å². The molecule has 0 aliphatic heterocycles. The molecule has 1 heterocycles. The van der Waals surface area contributed by atoms with E-state index in [0.29, 0.717) is 5.19 Å². The minimum atomic E-state index is 0.704. The van der Waals surface area contributed by atoms with Crippen LogP contribution in [0.25, 0.3) is 10.2 Å². The first-order valence-electron chi connectivity index (χ1n) is 9.15. The van der Waals surface area contributed by atoms with E-state index >= 15 is 0 Å². The number of hydrogen-bond donors (Lipinski definition) is 0. The van der Waals surface area contributed by atoms with E-state index in [4.69, 9.17) is 4.74 Å². The number of para-hydroxylation sites is 1. The van der Waals surface area contributed by atoms with Crippen LogP contribution in [0, 0.1) is 5.92 Å². The van der Waals surface area contributed by atoms with Gasteiger partial charge >= 0.3 is 0 Å². The fourth-order valence-electron chi connectivity index (χ4n) is 3.13. The van der Waals surface area contributed by atoms with Crippen molar-refractivity contribution in [2.45, 2.75) is 32.7 Å². The SMILES string of the molecule is CCCN(Cc1ccc(Oc2nc3ccccc3s2)cc1)CC1CC1. The Hall–Kier alpha value is -1.91. The molecule has 1 saturated carbocycles. The predicted octanol–water partition coefficient (Wildman–Crippen LogP) is 5.71. The molecule has 1 aliphatic carbocycles. The van der Waals surface area contributed by atoms with Gasteiger partial charge in [0.25, 0.3) is 5.19 Å². The Kier molecular flexibility index (Phi) is 4.99. The van der Waals surface area contributed by atoms with Crippen molar-refractivity contribution in [2.24, 2.45) is 5.92 Å². The Bertz CT molecular complexity index is 790. The lowest BCUT2D eigenvalue weighted by molar-refractivity contribution is 0.255. The second kappa shape index (κ2) is 7.54. The van der Waals surface area contributed by atoms with Crippen LogP contribution in [-0.4, -0.2) is 23.0 Å². The molecule has 1 aliphatic rings. The molecule has 1 fully saturated rings. The Balaban J connectivity index is 1.40. The molecule has 3 nitrogen and oxygen atoms in total. The second-order valence-electron chi connectivity index (χ2n) is 6.87. The lowest BCUT2D eigenvalue weighted by Crippen LogP contribution is -2.26. The van der Waals surface area contributed by atoms with Gasteiger partial charge in [-0.15, -0.1) is 0 Å². The van der Waals surface area contributed by atoms with E-state index in [1.165, 1.54) is 37.9 Å². The zero-order chi connectivity index (χ0) is 17.1. The summed E-state index contributed by atoms with van der Waals surface area (Å²) in [4.78, 5) is 7.12. The topological polar surface area (TPSA) is 25.4 Å². The van der Waals surface area contributed by atoms with Crippen LogP contribution in [0.1, 0.15) is 31.7 Å². The molecule has 4 heteroatoms. The molecule has 0 unspecified atom stereocenters. The summed E-state index contributed by atoms with van der Waals surface area (Å²) in [5, 5.41) is 0.704. The van der Waals surface area contributed by atoms with Gasteiger partial charge in [-0.2, -0.15) is 0 Å². The van der Waals surface area contributed by atoms with Crippen molar-refractivity contribution in [3.63, 3.8) is 0 Å². The van der Waals surface area contributed by atoms with E-state index in [2.05, 4.69) is 47.1 Å². The third-order valence-corrected chi connectivity index (χ3v) is 5.48. The molecule has 0 bridgehead atoms. The van der Waals surface area contributed by atoms with Gasteiger partial charge in [-0.3, -0.25) is 4.90 Å². The van der Waals surface area contributed by atoms with E-state index in [9.17, 15) is 0 Å². The third kappa shape index (κ3) is 4.39. The largest absolute Gasteiger partial charge is 0.431 e. The third-order valence-electron chi connectivity index (χ3n) is 4.56. The molecule has 3 aromatic rings. The molecule has 0 radical (unpaired) electrons. The van der Waals surface area contributed by atoms with Crippen molar-refractivity contribution >= 4 is 21.6 Å². The van der Waals surface area contributed by atoms with Gasteiger partial charge in [0.1, 0.15) is 5.75 Å². The summed E-state index contributed by atoms with van der Waals surface area (Å²) in [6.45, 7) is 5.72. The number of aromatic nitrogens is 1. The number of thiazole rings is 1. The van der Waals surface area contributed by atoms with Crippen molar-refractivity contribution in [3.8, 4) is 10.9 Å². The molecule has 0 amide bonds. The molecule has 0 atom stereocenters. The van der Waals surface area contributed by atoms with Crippen LogP contribution in [0.3, 0.4) is 0 Å². The average Bonchev–Trinajstić information content (AvgIpc) is 3.33. The van der Waals surface area contributed by atoms with E-state index in [-0.39, 0.29) is 0 Å². The first kappa shape index (κ1) is 16.6. The average molecular weight is 353 g/mol. The number of fused-ring (bicyclic) bond motifs is 1. The van der Waals surface area contributed by atoms with Gasteiger partial charge in [0.15, 0.2) is 0 Å². The summed E-state index contributed by atoms with van der Waals surface area (Å²) in [5.41, 5.74) is 2.35. The van der Waals surface area contributed by atoms with E-state index in [0.717, 1.165) is 28.4 Å². The highest BCUT2D eigenvalue weighted by molar-refractivity contribution is 7.20. The lowest BCUT2D eigenvalue weighted by atomic mass is 10.2. The Labute approximate surface area is 153 Å². The zero-order valence-corrected chi connectivity index (χ0v) is 15.5. The van der Waals surface area contributed by atoms with Gasteiger partial charge in [-0.1, -0.05) is 42.5 Å². The normalized spacial score (nSPS) is 14.3. The molecule has 130 valence electrons. The molecular weight excluding hydrogens is 328 g/mol. The van der Waals surface area contributed by atoms with Crippen molar-refractivity contribution in [1.82, 2.24) is 9.88 Å². The maximum Gasteiger partial charge on any atom is 0.279 e. The highest BCUT2D eigenvalue weighted by atomic mass is 32.1. The van der Waals surface area contributed by atoms with Crippen LogP contribution in [0.2, 0.25) is 0 Å². The number of hydrogen-bond acceptors (Lipinski definition) is 4. The van der Waals surface area contributed by atoms with E-state index in [1.54, 1.807) is 11.3 Å². The number of ether oxygens (including phenoxy) is 1. The molecule has 4 rings (SSSR count). The summed E-state index contributed by atoms with van der Waals surface area (Å²) >= 11 is 1.59. The Morgan fingerprint density at radius 3 is 2.64 bits per heavy atom. The summed E-state index contributed by atoms with van der Waals surface area (Å²) in [6.07, 6.45) is 4.04. The zero-order valence-electron chi connectivity index (χ0n) is 14.6. The van der Waals surface area contributed by atoms with Crippen molar-refractivity contribution < 1.29 is 4.74 Å². The molecule has 0 saturated heterocycles. The minimum Gasteiger partial charge on any atom is -0.431 e. The second-order valence-corrected chi connectivity index (χ2v) is 7.87. The van der Waals surface area contributed by atoms with Crippen molar-refractivity contribution in [1.29, 1.82) is 0 Å². The van der Waals surface area contributed by atoms with Crippen LogP contribution in [0.15, 0.2) is 48.5 Å². The first-order chi connectivity index (χ1) is 12.3. The molecular formula is C21H24N2OS. The highest BCUT2D eigenvalue weighted by Gasteiger charge is 2.23. The molecule has 0 N–H and O–H groups in total. The van der Waals surface area contributed by atoms with Crippen LogP contribution in [-0.2, 0) is 6.54 Å². The first-order valence-corrected chi connectivity index (χ1v) is 9.96. The Morgan fingerprint density at radius 2 is 1.92 bits per heavy atom. The van der Waals surface area contributed by atoms with E-state index in [1.807, 2.05) is 18.2 Å². The molecule has 1 aromatic heterocycles. The molecule has 2 aromatic carbocycles. The summed E-state index contributed by atoms with van der Waals surface area (Å²) in [5.74, 6) is 1.79. The van der Waals surface area contributed by atoms with Crippen LogP contribution >= 0.6 is 11.3 Å². The Morgan fingerprint density at radius 1 is 1.12 bits per heavy atom.